The number of allylic oxidation sites excluding steroid dienone is 1. The van der Waals surface area contributed by atoms with Gasteiger partial charge in [-0.1, -0.05) is 44.1 Å². The van der Waals surface area contributed by atoms with Crippen LogP contribution in [0.1, 0.15) is 37.6 Å². The molecule has 0 amide bonds. The number of benzene rings is 2. The first-order valence-corrected chi connectivity index (χ1v) is 11.1. The van der Waals surface area contributed by atoms with Crippen LogP contribution in [0.4, 0.5) is 5.88 Å². The van der Waals surface area contributed by atoms with Gasteiger partial charge in [0.05, 0.1) is 16.7 Å². The fraction of sp³-hybridized carbons (Fsp3) is 0.269. The van der Waals surface area contributed by atoms with Crippen LogP contribution in [0.5, 0.6) is 0 Å². The summed E-state index contributed by atoms with van der Waals surface area (Å²) >= 11 is 0. The molecule has 8 nitrogen and oxygen atoms in total. The Bertz CT molecular complexity index is 1330. The monoisotopic (exact) mass is 458 g/mol. The summed E-state index contributed by atoms with van der Waals surface area (Å²) in [5, 5.41) is 17.5. The number of fused-ring (bicyclic) bond motifs is 1. The summed E-state index contributed by atoms with van der Waals surface area (Å²) in [7, 11) is 1.71. The zero-order chi connectivity index (χ0) is 24.3. The molecule has 2 aromatic carbocycles. The van der Waals surface area contributed by atoms with E-state index in [1.165, 1.54) is 0 Å². The van der Waals surface area contributed by atoms with Crippen molar-refractivity contribution in [1.29, 1.82) is 0 Å². The molecule has 0 bridgehead atoms. The van der Waals surface area contributed by atoms with Crippen molar-refractivity contribution in [2.24, 2.45) is 10.7 Å². The van der Waals surface area contributed by atoms with Crippen molar-refractivity contribution < 1.29 is 9.63 Å². The van der Waals surface area contributed by atoms with Crippen LogP contribution in [-0.2, 0) is 11.8 Å². The lowest BCUT2D eigenvalue weighted by atomic mass is 9.92. The molecule has 176 valence electrons. The number of hydrogen-bond donors (Lipinski definition) is 3. The lowest BCUT2D eigenvalue weighted by Gasteiger charge is -2.13. The van der Waals surface area contributed by atoms with Gasteiger partial charge in [-0.05, 0) is 35.4 Å². The minimum Gasteiger partial charge on any atom is -0.404 e. The summed E-state index contributed by atoms with van der Waals surface area (Å²) < 4.78 is 7.33. The van der Waals surface area contributed by atoms with Gasteiger partial charge in [0.2, 0.25) is 5.88 Å². The third-order valence-electron chi connectivity index (χ3n) is 5.56. The lowest BCUT2D eigenvalue weighted by Crippen LogP contribution is -2.21. The first kappa shape index (κ1) is 23.3. The van der Waals surface area contributed by atoms with Crippen molar-refractivity contribution >= 4 is 28.7 Å². The van der Waals surface area contributed by atoms with Crippen LogP contribution in [0.25, 0.3) is 22.3 Å². The zero-order valence-electron chi connectivity index (χ0n) is 19.9. The average molecular weight is 459 g/mol. The molecular formula is C26H30N6O2. The van der Waals surface area contributed by atoms with Gasteiger partial charge in [0.1, 0.15) is 12.6 Å². The number of aliphatic hydroxyl groups is 1. The molecule has 2 heterocycles. The molecule has 4 aromatic rings. The number of nitrogens with zero attached hydrogens (tertiary/aromatic N) is 4. The average Bonchev–Trinajstić information content (AvgIpc) is 3.44. The number of hydrogen-bond acceptors (Lipinski definition) is 7. The minimum absolute atomic E-state index is 0.115. The van der Waals surface area contributed by atoms with Crippen LogP contribution in [0.2, 0.25) is 0 Å². The van der Waals surface area contributed by atoms with Crippen LogP contribution >= 0.6 is 0 Å². The molecule has 1 atom stereocenters. The highest BCUT2D eigenvalue weighted by Gasteiger charge is 2.20. The maximum absolute atomic E-state index is 10.5. The topological polar surface area (TPSA) is 114 Å². The molecule has 0 fully saturated rings. The molecule has 0 aliphatic heterocycles. The smallest absolute Gasteiger partial charge is 0.226 e. The number of anilines is 1. The number of aliphatic hydroxyl groups excluding tert-OH is 1. The van der Waals surface area contributed by atoms with E-state index in [1.807, 2.05) is 53.1 Å². The molecule has 1 unspecified atom stereocenters. The third kappa shape index (κ3) is 5.02. The molecule has 0 saturated carbocycles. The van der Waals surface area contributed by atoms with E-state index in [0.29, 0.717) is 12.3 Å². The number of aliphatic imine (C=N–C) groups is 1. The predicted octanol–water partition coefficient (Wildman–Crippen LogP) is 4.28. The number of imidazole rings is 1. The maximum atomic E-state index is 10.5. The molecular weight excluding hydrogens is 428 g/mol. The fourth-order valence-electron chi connectivity index (χ4n) is 3.68. The summed E-state index contributed by atoms with van der Waals surface area (Å²) in [6, 6.07) is 15.9. The van der Waals surface area contributed by atoms with E-state index < -0.39 is 6.23 Å². The molecule has 4 N–H and O–H groups in total. The Morgan fingerprint density at radius 2 is 1.97 bits per heavy atom. The van der Waals surface area contributed by atoms with Crippen molar-refractivity contribution in [3.63, 3.8) is 0 Å². The Hall–Kier alpha value is -3.91. The number of aromatic nitrogens is 3. The molecule has 0 saturated heterocycles. The zero-order valence-corrected chi connectivity index (χ0v) is 19.9. The molecule has 0 aliphatic carbocycles. The Kier molecular flexibility index (Phi) is 6.51. The summed E-state index contributed by atoms with van der Waals surface area (Å²) in [6.45, 7) is 6.18. The molecule has 34 heavy (non-hydrogen) atoms. The number of nitrogens with one attached hydrogen (secondary N) is 1. The Morgan fingerprint density at radius 1 is 1.21 bits per heavy atom. The Balaban J connectivity index is 1.46. The highest BCUT2D eigenvalue weighted by atomic mass is 16.5. The standard InChI is InChI=1S/C26H30N6O2/c1-26(2,3)23-13-25(34-31-23)30-24(33)11-17-5-8-20(9-6-17)32-16-29-21-12-18(7-10-22(21)32)19(14-27)15-28-4/h5-10,12-16,24,30,33H,11,27H2,1-4H3. The molecule has 8 heteroatoms. The van der Waals surface area contributed by atoms with Crippen LogP contribution in [0, 0.1) is 0 Å². The molecule has 4 rings (SSSR count). The molecule has 0 aliphatic rings. The van der Waals surface area contributed by atoms with E-state index in [4.69, 9.17) is 10.3 Å². The van der Waals surface area contributed by atoms with E-state index in [0.717, 1.165) is 39.1 Å². The van der Waals surface area contributed by atoms with Crippen LogP contribution in [0.15, 0.2) is 70.6 Å². The van der Waals surface area contributed by atoms with Gasteiger partial charge in [-0.3, -0.25) is 9.56 Å². The summed E-state index contributed by atoms with van der Waals surface area (Å²) in [4.78, 5) is 8.60. The number of nitrogens with two attached hydrogens (primary N) is 1. The quantitative estimate of drug-likeness (QED) is 0.281. The normalized spacial score (nSPS) is 13.6. The molecule has 0 spiro atoms. The first-order chi connectivity index (χ1) is 16.3. The highest BCUT2D eigenvalue weighted by molar-refractivity contribution is 6.10. The predicted molar refractivity (Wildman–Crippen MR) is 136 cm³/mol. The Labute approximate surface area is 198 Å². The van der Waals surface area contributed by atoms with Gasteiger partial charge in [0.25, 0.3) is 0 Å². The van der Waals surface area contributed by atoms with E-state index in [9.17, 15) is 5.11 Å². The third-order valence-corrected chi connectivity index (χ3v) is 5.56. The van der Waals surface area contributed by atoms with E-state index in [-0.39, 0.29) is 5.41 Å². The minimum atomic E-state index is -0.796. The van der Waals surface area contributed by atoms with Gasteiger partial charge >= 0.3 is 0 Å². The van der Waals surface area contributed by atoms with Gasteiger partial charge in [0.15, 0.2) is 0 Å². The molecule has 2 aromatic heterocycles. The van der Waals surface area contributed by atoms with Crippen molar-refractivity contribution in [1.82, 2.24) is 14.7 Å². The van der Waals surface area contributed by atoms with Gasteiger partial charge < -0.3 is 20.7 Å². The lowest BCUT2D eigenvalue weighted by molar-refractivity contribution is 0.199. The SMILES string of the molecule is CN=CC(=CN)c1ccc2c(c1)ncn2-c1ccc(CC(O)Nc2cc(C(C)(C)C)no2)cc1. The maximum Gasteiger partial charge on any atom is 0.226 e. The Morgan fingerprint density at radius 3 is 2.62 bits per heavy atom. The largest absolute Gasteiger partial charge is 0.404 e. The van der Waals surface area contributed by atoms with Gasteiger partial charge in [0, 0.05) is 48.6 Å². The summed E-state index contributed by atoms with van der Waals surface area (Å²) in [6.07, 6.45) is 4.70. The van der Waals surface area contributed by atoms with Crippen LogP contribution < -0.4 is 11.1 Å². The highest BCUT2D eigenvalue weighted by Crippen LogP contribution is 2.25. The van der Waals surface area contributed by atoms with E-state index >= 15 is 0 Å². The van der Waals surface area contributed by atoms with Crippen molar-refractivity contribution in [3.05, 3.63) is 77.9 Å². The van der Waals surface area contributed by atoms with Crippen LogP contribution in [-0.4, -0.2) is 39.3 Å². The number of rotatable bonds is 7. The summed E-state index contributed by atoms with van der Waals surface area (Å²) in [5.74, 6) is 0.455. The van der Waals surface area contributed by atoms with E-state index in [1.54, 1.807) is 25.8 Å². The second-order valence-electron chi connectivity index (χ2n) is 9.18. The van der Waals surface area contributed by atoms with E-state index in [2.05, 4.69) is 41.2 Å². The van der Waals surface area contributed by atoms with Crippen molar-refractivity contribution in [2.45, 2.75) is 38.8 Å². The van der Waals surface area contributed by atoms with Crippen molar-refractivity contribution in [2.75, 3.05) is 12.4 Å². The fourth-order valence-corrected chi connectivity index (χ4v) is 3.68. The van der Waals surface area contributed by atoms with Gasteiger partial charge in [-0.25, -0.2) is 4.98 Å². The summed E-state index contributed by atoms with van der Waals surface area (Å²) in [5.41, 5.74) is 12.1. The van der Waals surface area contributed by atoms with Crippen molar-refractivity contribution in [3.8, 4) is 5.69 Å². The van der Waals surface area contributed by atoms with Gasteiger partial charge in [-0.15, -0.1) is 0 Å². The molecule has 0 radical (unpaired) electrons. The second kappa shape index (κ2) is 9.52. The second-order valence-corrected chi connectivity index (χ2v) is 9.18. The first-order valence-electron chi connectivity index (χ1n) is 11.1. The van der Waals surface area contributed by atoms with Crippen LogP contribution in [0.3, 0.4) is 0 Å². The van der Waals surface area contributed by atoms with Gasteiger partial charge in [-0.2, -0.15) is 0 Å².